The average Bonchev–Trinajstić information content (AvgIpc) is 3.48. The highest BCUT2D eigenvalue weighted by molar-refractivity contribution is 6.10. The van der Waals surface area contributed by atoms with E-state index in [9.17, 15) is 19.8 Å². The summed E-state index contributed by atoms with van der Waals surface area (Å²) in [7, 11) is 4.81. The summed E-state index contributed by atoms with van der Waals surface area (Å²) in [5.74, 6) is 0.817. The lowest BCUT2D eigenvalue weighted by Gasteiger charge is -2.46. The summed E-state index contributed by atoms with van der Waals surface area (Å²) in [5.41, 5.74) is 5.20. The molecule has 0 radical (unpaired) electrons. The first-order valence-electron chi connectivity index (χ1n) is 20.3. The normalized spacial score (nSPS) is 22.3. The zero-order valence-electron chi connectivity index (χ0n) is 34.3. The summed E-state index contributed by atoms with van der Waals surface area (Å²) in [5, 5.41) is 24.1. The minimum Gasteiger partial charge on any atom is -0.493 e. The summed E-state index contributed by atoms with van der Waals surface area (Å²) < 4.78 is 16.3. The van der Waals surface area contributed by atoms with Crippen LogP contribution in [0.2, 0.25) is 0 Å². The zero-order chi connectivity index (χ0) is 40.6. The number of hydrogen-bond acceptors (Lipinski definition) is 7. The van der Waals surface area contributed by atoms with Crippen molar-refractivity contribution in [2.24, 2.45) is 5.41 Å². The number of ether oxygens (including phenoxy) is 3. The second-order valence-corrected chi connectivity index (χ2v) is 16.2. The molecule has 0 aliphatic heterocycles. The van der Waals surface area contributed by atoms with Crippen molar-refractivity contribution < 1.29 is 34.0 Å². The Balaban J connectivity index is 1.37. The maximum absolute atomic E-state index is 14.7. The topological polar surface area (TPSA) is 106 Å². The summed E-state index contributed by atoms with van der Waals surface area (Å²) in [4.78, 5) is 30.7. The van der Waals surface area contributed by atoms with Crippen molar-refractivity contribution in [1.29, 1.82) is 0 Å². The number of aliphatic hydroxyl groups excluding tert-OH is 1. The molecule has 8 nitrogen and oxygen atoms in total. The Bertz CT molecular complexity index is 2030. The van der Waals surface area contributed by atoms with Gasteiger partial charge in [-0.3, -0.25) is 9.59 Å². The van der Waals surface area contributed by atoms with Crippen LogP contribution in [-0.4, -0.2) is 79.5 Å². The molecular formula is C49H59NO7. The van der Waals surface area contributed by atoms with Gasteiger partial charge in [0.1, 0.15) is 0 Å². The number of carbonyl (C=O) groups is 2. The maximum Gasteiger partial charge on any atom is 0.227 e. The van der Waals surface area contributed by atoms with Gasteiger partial charge in [-0.2, -0.15) is 0 Å². The lowest BCUT2D eigenvalue weighted by atomic mass is 9.64. The molecule has 2 N–H and O–H groups in total. The van der Waals surface area contributed by atoms with E-state index < -0.39 is 17.1 Å². The van der Waals surface area contributed by atoms with Crippen molar-refractivity contribution in [3.63, 3.8) is 0 Å². The lowest BCUT2D eigenvalue weighted by molar-refractivity contribution is -0.139. The van der Waals surface area contributed by atoms with Crippen molar-refractivity contribution in [2.75, 3.05) is 41.0 Å². The number of nitrogens with zero attached hydrogens (tertiary/aromatic N) is 1. The Morgan fingerprint density at radius 3 is 2.32 bits per heavy atom. The number of amides is 1. The van der Waals surface area contributed by atoms with Gasteiger partial charge in [0.25, 0.3) is 0 Å². The highest BCUT2D eigenvalue weighted by Crippen LogP contribution is 2.59. The molecule has 0 saturated heterocycles. The highest BCUT2D eigenvalue weighted by Gasteiger charge is 2.57. The zero-order valence-corrected chi connectivity index (χ0v) is 34.3. The predicted molar refractivity (Wildman–Crippen MR) is 225 cm³/mol. The van der Waals surface area contributed by atoms with Crippen LogP contribution in [0.25, 0.3) is 11.1 Å². The Labute approximate surface area is 338 Å². The predicted octanol–water partition coefficient (Wildman–Crippen LogP) is 8.75. The molecule has 1 saturated carbocycles. The molecule has 4 aromatic carbocycles. The summed E-state index contributed by atoms with van der Waals surface area (Å²) in [6.45, 7) is 5.35. The molecule has 2 bridgehead atoms. The van der Waals surface area contributed by atoms with Gasteiger partial charge in [0.2, 0.25) is 5.91 Å². The van der Waals surface area contributed by atoms with Crippen molar-refractivity contribution in [2.45, 2.75) is 89.3 Å². The number of benzene rings is 4. The number of carbonyl (C=O) groups excluding carboxylic acids is 2. The van der Waals surface area contributed by atoms with Crippen LogP contribution in [0.1, 0.15) is 97.3 Å². The fourth-order valence-electron chi connectivity index (χ4n) is 9.08. The third-order valence-corrected chi connectivity index (χ3v) is 12.6. The molecule has 3 aliphatic rings. The van der Waals surface area contributed by atoms with Crippen LogP contribution < -0.4 is 9.47 Å². The van der Waals surface area contributed by atoms with Crippen molar-refractivity contribution in [3.8, 4) is 22.6 Å². The Morgan fingerprint density at radius 1 is 0.860 bits per heavy atom. The molecule has 0 spiro atoms. The molecule has 4 aromatic rings. The standard InChI is InChI=1S/C49H59NO7/c1-34-11-9-25-48(2)43(24-26-49(48,54)33-50(27-10-28-55-3)46(52)32-36-16-23-44(56-4)45(31-36)57-5)41-22-15-35(29-40(51)21-14-34)30-42(41)47(53)39-19-17-38(18-20-39)37-12-7-6-8-13-37/h6-8,11-13,15-20,22-23,30-31,40,43,51,54H,9-10,14,21,24-29,32-33H2,1-5H3. The van der Waals surface area contributed by atoms with E-state index in [1.807, 2.05) is 66.7 Å². The molecular weight excluding hydrogens is 715 g/mol. The Hall–Kier alpha value is -4.76. The Kier molecular flexibility index (Phi) is 13.7. The largest absolute Gasteiger partial charge is 0.493 e. The van der Waals surface area contributed by atoms with E-state index in [-0.39, 0.29) is 30.6 Å². The van der Waals surface area contributed by atoms with Gasteiger partial charge in [0, 0.05) is 43.3 Å². The van der Waals surface area contributed by atoms with Crippen LogP contribution in [0.15, 0.2) is 103 Å². The SMILES string of the molecule is COCCCN(CC1(O)CCC2c3ccc(cc3C(=O)c3ccc(-c4ccccc4)cc3)CC(O)CCC(C)=CCCC21C)C(=O)Cc1ccc(OC)c(OC)c1. The fraction of sp³-hybridized carbons (Fsp3) is 0.429. The van der Waals surface area contributed by atoms with Crippen LogP contribution in [0.3, 0.4) is 0 Å². The van der Waals surface area contributed by atoms with Gasteiger partial charge in [0.05, 0.1) is 32.3 Å². The minimum absolute atomic E-state index is 0.0761. The van der Waals surface area contributed by atoms with Crippen LogP contribution in [0.5, 0.6) is 11.5 Å². The number of ketones is 1. The van der Waals surface area contributed by atoms with Gasteiger partial charge in [-0.15, -0.1) is 0 Å². The average molecular weight is 774 g/mol. The van der Waals surface area contributed by atoms with Gasteiger partial charge in [-0.05, 0) is 110 Å². The van der Waals surface area contributed by atoms with E-state index in [4.69, 9.17) is 14.2 Å². The maximum atomic E-state index is 14.7. The van der Waals surface area contributed by atoms with E-state index in [0.29, 0.717) is 74.3 Å². The number of methoxy groups -OCH3 is 3. The lowest BCUT2D eigenvalue weighted by Crippen LogP contribution is -2.54. The second kappa shape index (κ2) is 18.7. The van der Waals surface area contributed by atoms with E-state index in [1.54, 1.807) is 32.3 Å². The van der Waals surface area contributed by atoms with E-state index in [0.717, 1.165) is 40.7 Å². The number of aliphatic hydroxyl groups is 2. The molecule has 7 rings (SSSR count). The highest BCUT2D eigenvalue weighted by atomic mass is 16.5. The minimum atomic E-state index is -1.25. The second-order valence-electron chi connectivity index (χ2n) is 16.2. The summed E-state index contributed by atoms with van der Waals surface area (Å²) >= 11 is 0. The van der Waals surface area contributed by atoms with Gasteiger partial charge in [-0.1, -0.05) is 91.4 Å². The first-order valence-corrected chi connectivity index (χ1v) is 20.3. The number of hydrogen-bond donors (Lipinski definition) is 2. The first kappa shape index (κ1) is 41.9. The van der Waals surface area contributed by atoms with Gasteiger partial charge < -0.3 is 29.3 Å². The van der Waals surface area contributed by atoms with Crippen LogP contribution >= 0.6 is 0 Å². The van der Waals surface area contributed by atoms with E-state index in [2.05, 4.69) is 38.1 Å². The van der Waals surface area contributed by atoms with E-state index >= 15 is 0 Å². The summed E-state index contributed by atoms with van der Waals surface area (Å²) in [6.07, 6.45) is 6.82. The van der Waals surface area contributed by atoms with Crippen LogP contribution in [0, 0.1) is 5.41 Å². The molecule has 3 aliphatic carbocycles. The molecule has 1 amide bonds. The molecule has 1 fully saturated rings. The van der Waals surface area contributed by atoms with E-state index in [1.165, 1.54) is 5.57 Å². The molecule has 4 unspecified atom stereocenters. The van der Waals surface area contributed by atoms with Crippen molar-refractivity contribution in [1.82, 2.24) is 4.90 Å². The molecule has 57 heavy (non-hydrogen) atoms. The Morgan fingerprint density at radius 2 is 1.60 bits per heavy atom. The third kappa shape index (κ3) is 9.52. The van der Waals surface area contributed by atoms with Gasteiger partial charge >= 0.3 is 0 Å². The molecule has 0 heterocycles. The smallest absolute Gasteiger partial charge is 0.227 e. The number of rotatable bonds is 13. The molecule has 4 atom stereocenters. The van der Waals surface area contributed by atoms with Crippen molar-refractivity contribution >= 4 is 11.7 Å². The van der Waals surface area contributed by atoms with Gasteiger partial charge in [-0.25, -0.2) is 0 Å². The fourth-order valence-corrected chi connectivity index (χ4v) is 9.08. The van der Waals surface area contributed by atoms with Crippen molar-refractivity contribution in [3.05, 3.63) is 130 Å². The summed E-state index contributed by atoms with van der Waals surface area (Å²) in [6, 6.07) is 29.5. The molecule has 0 aromatic heterocycles. The molecule has 302 valence electrons. The number of allylic oxidation sites excluding steroid dienone is 2. The first-order chi connectivity index (χ1) is 27.5. The third-order valence-electron chi connectivity index (χ3n) is 12.6. The number of fused-ring (bicyclic) bond motifs is 8. The van der Waals surface area contributed by atoms with Crippen LogP contribution in [0.4, 0.5) is 0 Å². The molecule has 8 heteroatoms. The van der Waals surface area contributed by atoms with Crippen LogP contribution in [-0.2, 0) is 22.4 Å². The van der Waals surface area contributed by atoms with Gasteiger partial charge in [0.15, 0.2) is 17.3 Å². The monoisotopic (exact) mass is 773 g/mol. The quantitative estimate of drug-likeness (QED) is 0.0796.